The zero-order valence-corrected chi connectivity index (χ0v) is 13.5. The number of rotatable bonds is 8. The molecule has 6 heteroatoms. The van der Waals surface area contributed by atoms with Crippen LogP contribution in [0.3, 0.4) is 0 Å². The van der Waals surface area contributed by atoms with Crippen molar-refractivity contribution in [2.24, 2.45) is 5.73 Å². The van der Waals surface area contributed by atoms with Crippen molar-refractivity contribution in [1.29, 1.82) is 0 Å². The molecule has 6 nitrogen and oxygen atoms in total. The third-order valence-electron chi connectivity index (χ3n) is 3.62. The number of nitrogen functional groups attached to an aromatic ring is 1. The number of anilines is 3. The number of carbonyl (C=O) groups is 2. The number of nitrogens with zero attached hydrogens (tertiary/aromatic N) is 2. The molecule has 2 amide bonds. The lowest BCUT2D eigenvalue weighted by atomic mass is 10.1. The second kappa shape index (κ2) is 8.67. The molecule has 0 spiro atoms. The molecule has 24 heavy (non-hydrogen) atoms. The van der Waals surface area contributed by atoms with Gasteiger partial charge in [0.05, 0.1) is 11.4 Å². The molecule has 126 valence electrons. The fourth-order valence-corrected chi connectivity index (χ4v) is 2.43. The third kappa shape index (κ3) is 4.81. The van der Waals surface area contributed by atoms with Gasteiger partial charge in [-0.05, 0) is 37.1 Å². The lowest BCUT2D eigenvalue weighted by Crippen LogP contribution is -2.27. The second-order valence-electron chi connectivity index (χ2n) is 5.50. The first kappa shape index (κ1) is 17.5. The molecule has 0 aliphatic heterocycles. The van der Waals surface area contributed by atoms with E-state index in [-0.39, 0.29) is 11.8 Å². The van der Waals surface area contributed by atoms with Crippen molar-refractivity contribution in [1.82, 2.24) is 4.98 Å². The van der Waals surface area contributed by atoms with Gasteiger partial charge in [0.25, 0.3) is 0 Å². The van der Waals surface area contributed by atoms with Crippen LogP contribution in [-0.4, -0.2) is 16.8 Å². The third-order valence-corrected chi connectivity index (χ3v) is 3.62. The van der Waals surface area contributed by atoms with E-state index in [0.29, 0.717) is 42.9 Å². The average molecular weight is 326 g/mol. The van der Waals surface area contributed by atoms with Crippen LogP contribution in [0.15, 0.2) is 48.7 Å². The van der Waals surface area contributed by atoms with Gasteiger partial charge in [-0.25, -0.2) is 4.98 Å². The van der Waals surface area contributed by atoms with Crippen molar-refractivity contribution in [2.45, 2.75) is 32.1 Å². The van der Waals surface area contributed by atoms with Crippen LogP contribution in [0.2, 0.25) is 0 Å². The number of pyridine rings is 1. The molecular weight excluding hydrogens is 304 g/mol. The number of amides is 2. The Morgan fingerprint density at radius 3 is 2.33 bits per heavy atom. The number of benzene rings is 1. The van der Waals surface area contributed by atoms with Gasteiger partial charge in [-0.15, -0.1) is 0 Å². The Morgan fingerprint density at radius 2 is 1.67 bits per heavy atom. The van der Waals surface area contributed by atoms with Gasteiger partial charge in [0.2, 0.25) is 11.8 Å². The van der Waals surface area contributed by atoms with E-state index in [0.717, 1.165) is 6.42 Å². The first-order chi connectivity index (χ1) is 11.6. The summed E-state index contributed by atoms with van der Waals surface area (Å²) in [5.74, 6) is 0.150. The molecule has 0 saturated heterocycles. The summed E-state index contributed by atoms with van der Waals surface area (Å²) in [6.07, 6.45) is 4.49. The van der Waals surface area contributed by atoms with Gasteiger partial charge in [-0.1, -0.05) is 24.6 Å². The molecule has 0 unspecified atom stereocenters. The van der Waals surface area contributed by atoms with Crippen LogP contribution in [0.1, 0.15) is 32.1 Å². The molecule has 0 aliphatic carbocycles. The number of para-hydroxylation sites is 2. The minimum atomic E-state index is -0.312. The highest BCUT2D eigenvalue weighted by molar-refractivity contribution is 6.02. The Hall–Kier alpha value is -2.89. The fraction of sp³-hybridized carbons (Fsp3) is 0.278. The minimum absolute atomic E-state index is 0.0781. The fourth-order valence-electron chi connectivity index (χ4n) is 2.43. The number of aromatic nitrogens is 1. The van der Waals surface area contributed by atoms with Crippen LogP contribution in [-0.2, 0) is 9.59 Å². The molecule has 2 rings (SSSR count). The first-order valence-electron chi connectivity index (χ1n) is 7.96. The van der Waals surface area contributed by atoms with Crippen LogP contribution < -0.4 is 16.4 Å². The summed E-state index contributed by atoms with van der Waals surface area (Å²) in [7, 11) is 0. The molecule has 0 bridgehead atoms. The van der Waals surface area contributed by atoms with Crippen molar-refractivity contribution < 1.29 is 9.59 Å². The molecule has 0 fully saturated rings. The molecule has 2 aromatic rings. The highest BCUT2D eigenvalue weighted by atomic mass is 16.2. The summed E-state index contributed by atoms with van der Waals surface area (Å²) < 4.78 is 0. The van der Waals surface area contributed by atoms with Gasteiger partial charge >= 0.3 is 0 Å². The largest absolute Gasteiger partial charge is 0.397 e. The van der Waals surface area contributed by atoms with Gasteiger partial charge in [0.1, 0.15) is 5.82 Å². The van der Waals surface area contributed by atoms with Crippen molar-refractivity contribution in [2.75, 3.05) is 10.6 Å². The Labute approximate surface area is 141 Å². The topological polar surface area (TPSA) is 102 Å². The zero-order valence-electron chi connectivity index (χ0n) is 13.5. The smallest absolute Gasteiger partial charge is 0.232 e. The Balaban J connectivity index is 2.10. The van der Waals surface area contributed by atoms with Crippen LogP contribution in [0.25, 0.3) is 0 Å². The normalized spacial score (nSPS) is 10.3. The van der Waals surface area contributed by atoms with Gasteiger partial charge in [0.15, 0.2) is 0 Å². The number of nitrogens with two attached hydrogens (primary N) is 2. The molecule has 1 heterocycles. The van der Waals surface area contributed by atoms with E-state index < -0.39 is 0 Å². The second-order valence-corrected chi connectivity index (χ2v) is 5.50. The Kier molecular flexibility index (Phi) is 6.31. The summed E-state index contributed by atoms with van der Waals surface area (Å²) >= 11 is 0. The molecule has 4 N–H and O–H groups in total. The lowest BCUT2D eigenvalue weighted by molar-refractivity contribution is -0.118. The van der Waals surface area contributed by atoms with Crippen LogP contribution >= 0.6 is 0 Å². The van der Waals surface area contributed by atoms with Crippen LogP contribution in [0, 0.1) is 0 Å². The van der Waals surface area contributed by atoms with Crippen LogP contribution in [0.4, 0.5) is 17.2 Å². The van der Waals surface area contributed by atoms with E-state index in [1.807, 2.05) is 18.2 Å². The summed E-state index contributed by atoms with van der Waals surface area (Å²) in [4.78, 5) is 29.3. The monoisotopic (exact) mass is 326 g/mol. The first-order valence-corrected chi connectivity index (χ1v) is 7.96. The average Bonchev–Trinajstić information content (AvgIpc) is 2.57. The number of hydrogen-bond donors (Lipinski definition) is 2. The lowest BCUT2D eigenvalue weighted by Gasteiger charge is -2.23. The summed E-state index contributed by atoms with van der Waals surface area (Å²) in [6.45, 7) is 0. The van der Waals surface area contributed by atoms with Gasteiger partial charge in [0, 0.05) is 19.0 Å². The van der Waals surface area contributed by atoms with Crippen LogP contribution in [0.5, 0.6) is 0 Å². The maximum absolute atomic E-state index is 12.7. The van der Waals surface area contributed by atoms with E-state index in [4.69, 9.17) is 11.5 Å². The molecule has 0 saturated carbocycles. The molecule has 0 atom stereocenters. The predicted octanol–water partition coefficient (Wildman–Crippen LogP) is 2.76. The van der Waals surface area contributed by atoms with E-state index in [2.05, 4.69) is 4.98 Å². The highest BCUT2D eigenvalue weighted by Crippen LogP contribution is 2.29. The minimum Gasteiger partial charge on any atom is -0.397 e. The van der Waals surface area contributed by atoms with E-state index >= 15 is 0 Å². The van der Waals surface area contributed by atoms with E-state index in [9.17, 15) is 9.59 Å². The van der Waals surface area contributed by atoms with Crippen molar-refractivity contribution in [3.63, 3.8) is 0 Å². The summed E-state index contributed by atoms with van der Waals surface area (Å²) in [5.41, 5.74) is 12.3. The molecule has 1 aromatic carbocycles. The number of unbranched alkanes of at least 4 members (excludes halogenated alkanes) is 2. The molecule has 1 aromatic heterocycles. The molecule has 0 aliphatic rings. The van der Waals surface area contributed by atoms with Gasteiger partial charge < -0.3 is 11.5 Å². The Bertz CT molecular complexity index is 688. The van der Waals surface area contributed by atoms with E-state index in [1.165, 1.54) is 0 Å². The zero-order chi connectivity index (χ0) is 17.4. The number of primary amides is 1. The predicted molar refractivity (Wildman–Crippen MR) is 94.5 cm³/mol. The van der Waals surface area contributed by atoms with E-state index in [1.54, 1.807) is 35.4 Å². The SMILES string of the molecule is NC(=O)CCCCCC(=O)N(c1ccccn1)c1ccccc1N. The maximum atomic E-state index is 12.7. The van der Waals surface area contributed by atoms with Crippen molar-refractivity contribution in [3.05, 3.63) is 48.7 Å². The van der Waals surface area contributed by atoms with Crippen molar-refractivity contribution >= 4 is 29.0 Å². The maximum Gasteiger partial charge on any atom is 0.232 e. The van der Waals surface area contributed by atoms with Gasteiger partial charge in [-0.3, -0.25) is 14.5 Å². The van der Waals surface area contributed by atoms with Gasteiger partial charge in [-0.2, -0.15) is 0 Å². The quantitative estimate of drug-likeness (QED) is 0.575. The molecular formula is C18H22N4O2. The standard InChI is InChI=1S/C18H22N4O2/c19-14-8-4-5-9-15(14)22(17-11-6-7-13-21-17)18(24)12-3-1-2-10-16(20)23/h4-9,11,13H,1-3,10,12,19H2,(H2,20,23). The molecule has 0 radical (unpaired) electrons. The number of hydrogen-bond acceptors (Lipinski definition) is 4. The summed E-state index contributed by atoms with van der Waals surface area (Å²) in [6, 6.07) is 12.6. The Morgan fingerprint density at radius 1 is 0.958 bits per heavy atom. The summed E-state index contributed by atoms with van der Waals surface area (Å²) in [5, 5.41) is 0. The highest BCUT2D eigenvalue weighted by Gasteiger charge is 2.20. The number of carbonyl (C=O) groups excluding carboxylic acids is 2. The van der Waals surface area contributed by atoms with Crippen molar-refractivity contribution in [3.8, 4) is 0 Å².